The minimum Gasteiger partial charge on any atom is -0.508 e. The summed E-state index contributed by atoms with van der Waals surface area (Å²) in [6.07, 6.45) is 2.73. The summed E-state index contributed by atoms with van der Waals surface area (Å²) in [6, 6.07) is 5.93. The van der Waals surface area contributed by atoms with Gasteiger partial charge in [-0.1, -0.05) is 0 Å². The maximum Gasteiger partial charge on any atom is 0.267 e. The zero-order valence-electron chi connectivity index (χ0n) is 9.98. The Morgan fingerprint density at radius 2 is 1.89 bits per heavy atom. The van der Waals surface area contributed by atoms with Crippen LogP contribution in [0.5, 0.6) is 5.75 Å². The molecular weight excluding hydrogens is 254 g/mol. The molecular formula is C11H13N3O3S. The summed E-state index contributed by atoms with van der Waals surface area (Å²) in [7, 11) is -0.510. The molecule has 6 nitrogen and oxygen atoms in total. The summed E-state index contributed by atoms with van der Waals surface area (Å²) < 4.78 is 27.1. The Bertz CT molecular complexity index is 646. The van der Waals surface area contributed by atoms with E-state index >= 15 is 0 Å². The molecule has 0 aliphatic heterocycles. The number of rotatable bonds is 3. The van der Waals surface area contributed by atoms with Gasteiger partial charge in [0.05, 0.1) is 11.9 Å². The van der Waals surface area contributed by atoms with Crippen LogP contribution in [-0.4, -0.2) is 30.4 Å². The number of nitrogens with zero attached hydrogens (tertiary/aromatic N) is 3. The molecule has 0 aliphatic rings. The van der Waals surface area contributed by atoms with Crippen molar-refractivity contribution in [2.75, 3.05) is 11.4 Å². The Hall–Kier alpha value is -2.02. The fourth-order valence-corrected chi connectivity index (χ4v) is 2.67. The predicted molar refractivity (Wildman–Crippen MR) is 66.9 cm³/mol. The number of anilines is 1. The lowest BCUT2D eigenvalue weighted by Gasteiger charge is -2.18. The van der Waals surface area contributed by atoms with Gasteiger partial charge < -0.3 is 5.11 Å². The van der Waals surface area contributed by atoms with Gasteiger partial charge in [-0.15, -0.1) is 0 Å². The molecule has 0 saturated heterocycles. The maximum atomic E-state index is 12.2. The molecule has 0 bridgehead atoms. The number of hydrogen-bond acceptors (Lipinski definition) is 4. The van der Waals surface area contributed by atoms with Crippen molar-refractivity contribution in [3.63, 3.8) is 0 Å². The number of aromatic hydroxyl groups is 1. The van der Waals surface area contributed by atoms with Crippen molar-refractivity contribution in [1.29, 1.82) is 0 Å². The van der Waals surface area contributed by atoms with Crippen LogP contribution < -0.4 is 4.31 Å². The van der Waals surface area contributed by atoms with E-state index in [2.05, 4.69) is 5.10 Å². The molecule has 96 valence electrons. The lowest BCUT2D eigenvalue weighted by atomic mass is 10.3. The largest absolute Gasteiger partial charge is 0.508 e. The van der Waals surface area contributed by atoms with Crippen molar-refractivity contribution in [2.24, 2.45) is 7.05 Å². The zero-order valence-corrected chi connectivity index (χ0v) is 10.8. The Morgan fingerprint density at radius 3 is 2.39 bits per heavy atom. The average Bonchev–Trinajstić information content (AvgIpc) is 2.76. The van der Waals surface area contributed by atoms with Crippen molar-refractivity contribution < 1.29 is 13.5 Å². The molecule has 0 saturated carbocycles. The first-order valence-corrected chi connectivity index (χ1v) is 6.62. The zero-order chi connectivity index (χ0) is 13.3. The topological polar surface area (TPSA) is 75.4 Å². The van der Waals surface area contributed by atoms with Crippen LogP contribution in [0.1, 0.15) is 0 Å². The summed E-state index contributed by atoms with van der Waals surface area (Å²) in [4.78, 5) is 0.126. The molecule has 0 fully saturated rings. The van der Waals surface area contributed by atoms with E-state index in [0.717, 1.165) is 4.31 Å². The molecule has 18 heavy (non-hydrogen) atoms. The second kappa shape index (κ2) is 4.34. The van der Waals surface area contributed by atoms with Crippen LogP contribution >= 0.6 is 0 Å². The van der Waals surface area contributed by atoms with Crippen LogP contribution in [0.15, 0.2) is 41.6 Å². The summed E-state index contributed by atoms with van der Waals surface area (Å²) in [5.74, 6) is 0.0888. The van der Waals surface area contributed by atoms with Crippen molar-refractivity contribution in [2.45, 2.75) is 4.90 Å². The molecule has 2 rings (SSSR count). The normalized spacial score (nSPS) is 11.4. The Morgan fingerprint density at radius 1 is 1.28 bits per heavy atom. The molecule has 0 unspecified atom stereocenters. The minimum atomic E-state index is -3.62. The van der Waals surface area contributed by atoms with Crippen molar-refractivity contribution in [1.82, 2.24) is 9.78 Å². The maximum absolute atomic E-state index is 12.2. The summed E-state index contributed by atoms with van der Waals surface area (Å²) in [5.41, 5.74) is 0.469. The summed E-state index contributed by atoms with van der Waals surface area (Å²) >= 11 is 0. The first-order valence-electron chi connectivity index (χ1n) is 5.18. The molecule has 0 radical (unpaired) electrons. The Kier molecular flexibility index (Phi) is 3.00. The van der Waals surface area contributed by atoms with Crippen LogP contribution in [0.3, 0.4) is 0 Å². The SMILES string of the molecule is CN(c1ccc(O)cc1)S(=O)(=O)c1cnn(C)c1. The molecule has 1 N–H and O–H groups in total. The highest BCUT2D eigenvalue weighted by atomic mass is 32.2. The van der Waals surface area contributed by atoms with Crippen molar-refractivity contribution in [3.8, 4) is 5.75 Å². The number of aryl methyl sites for hydroxylation is 1. The number of sulfonamides is 1. The number of phenolic OH excluding ortho intramolecular Hbond substituents is 1. The van der Waals surface area contributed by atoms with Gasteiger partial charge in [-0.2, -0.15) is 5.10 Å². The standard InChI is InChI=1S/C11H13N3O3S/c1-13-8-11(7-12-13)18(16,17)14(2)9-3-5-10(15)6-4-9/h3-8,15H,1-2H3. The molecule has 1 aromatic heterocycles. The number of benzene rings is 1. The molecule has 0 atom stereocenters. The van der Waals surface area contributed by atoms with E-state index in [1.54, 1.807) is 7.05 Å². The van der Waals surface area contributed by atoms with Gasteiger partial charge in [0.15, 0.2) is 0 Å². The van der Waals surface area contributed by atoms with Crippen LogP contribution in [0.25, 0.3) is 0 Å². The second-order valence-corrected chi connectivity index (χ2v) is 5.81. The van der Waals surface area contributed by atoms with Crippen LogP contribution in [0.4, 0.5) is 5.69 Å². The molecule has 0 spiro atoms. The second-order valence-electron chi connectivity index (χ2n) is 3.84. The number of aromatic nitrogens is 2. The number of hydrogen-bond donors (Lipinski definition) is 1. The molecule has 0 aliphatic carbocycles. The van der Waals surface area contributed by atoms with Gasteiger partial charge >= 0.3 is 0 Å². The summed E-state index contributed by atoms with van der Waals surface area (Å²) in [6.45, 7) is 0. The Balaban J connectivity index is 2.39. The van der Waals surface area contributed by atoms with Crippen LogP contribution in [0.2, 0.25) is 0 Å². The first-order chi connectivity index (χ1) is 8.41. The van der Waals surface area contributed by atoms with E-state index in [-0.39, 0.29) is 10.6 Å². The lowest BCUT2D eigenvalue weighted by molar-refractivity contribution is 0.475. The van der Waals surface area contributed by atoms with E-state index in [1.807, 2.05) is 0 Å². The third kappa shape index (κ3) is 2.17. The van der Waals surface area contributed by atoms with Gasteiger partial charge in [-0.25, -0.2) is 8.42 Å². The molecule has 0 amide bonds. The van der Waals surface area contributed by atoms with Gasteiger partial charge in [0.2, 0.25) is 0 Å². The van der Waals surface area contributed by atoms with E-state index in [0.29, 0.717) is 5.69 Å². The van der Waals surface area contributed by atoms with Gasteiger partial charge in [0, 0.05) is 20.3 Å². The van der Waals surface area contributed by atoms with Crippen LogP contribution in [-0.2, 0) is 17.1 Å². The highest BCUT2D eigenvalue weighted by Gasteiger charge is 2.22. The van der Waals surface area contributed by atoms with Crippen molar-refractivity contribution in [3.05, 3.63) is 36.7 Å². The molecule has 2 aromatic rings. The van der Waals surface area contributed by atoms with Gasteiger partial charge in [0.25, 0.3) is 10.0 Å². The molecule has 7 heteroatoms. The highest BCUT2D eigenvalue weighted by molar-refractivity contribution is 7.92. The van der Waals surface area contributed by atoms with E-state index in [9.17, 15) is 13.5 Å². The third-order valence-corrected chi connectivity index (χ3v) is 4.29. The average molecular weight is 267 g/mol. The van der Waals surface area contributed by atoms with E-state index in [1.165, 1.54) is 48.4 Å². The van der Waals surface area contributed by atoms with Crippen LogP contribution in [0, 0.1) is 0 Å². The fraction of sp³-hybridized carbons (Fsp3) is 0.182. The monoisotopic (exact) mass is 267 g/mol. The smallest absolute Gasteiger partial charge is 0.267 e. The third-order valence-electron chi connectivity index (χ3n) is 2.55. The highest BCUT2D eigenvalue weighted by Crippen LogP contribution is 2.23. The number of phenols is 1. The van der Waals surface area contributed by atoms with Gasteiger partial charge in [-0.05, 0) is 24.3 Å². The molecule has 1 heterocycles. The molecule has 1 aromatic carbocycles. The van der Waals surface area contributed by atoms with Gasteiger partial charge in [-0.3, -0.25) is 8.99 Å². The quantitative estimate of drug-likeness (QED) is 0.898. The van der Waals surface area contributed by atoms with Crippen molar-refractivity contribution >= 4 is 15.7 Å². The first kappa shape index (κ1) is 12.4. The predicted octanol–water partition coefficient (Wildman–Crippen LogP) is 0.951. The summed E-state index contributed by atoms with van der Waals surface area (Å²) in [5, 5.41) is 13.0. The van der Waals surface area contributed by atoms with E-state index in [4.69, 9.17) is 0 Å². The Labute approximate surface area is 105 Å². The fourth-order valence-electron chi connectivity index (χ4n) is 1.49. The van der Waals surface area contributed by atoms with E-state index < -0.39 is 10.0 Å². The lowest BCUT2D eigenvalue weighted by Crippen LogP contribution is -2.26. The van der Waals surface area contributed by atoms with Gasteiger partial charge in [0.1, 0.15) is 10.6 Å². The minimum absolute atomic E-state index is 0.0888.